The van der Waals surface area contributed by atoms with E-state index in [2.05, 4.69) is 69.2 Å². The van der Waals surface area contributed by atoms with Crippen molar-refractivity contribution in [3.8, 4) is 0 Å². The van der Waals surface area contributed by atoms with Gasteiger partial charge >= 0.3 is 0 Å². The van der Waals surface area contributed by atoms with Crippen molar-refractivity contribution in [2.45, 2.75) is 40.0 Å². The van der Waals surface area contributed by atoms with E-state index in [1.165, 1.54) is 17.7 Å². The summed E-state index contributed by atoms with van der Waals surface area (Å²) < 4.78 is 6.04. The fourth-order valence-corrected chi connectivity index (χ4v) is 3.60. The van der Waals surface area contributed by atoms with Gasteiger partial charge in [-0.2, -0.15) is 0 Å². The smallest absolute Gasteiger partial charge is 0.0641 e. The van der Waals surface area contributed by atoms with Crippen molar-refractivity contribution in [1.82, 2.24) is 5.32 Å². The van der Waals surface area contributed by atoms with Gasteiger partial charge in [0.1, 0.15) is 0 Å². The first-order valence-corrected chi connectivity index (χ1v) is 9.58. The van der Waals surface area contributed by atoms with Gasteiger partial charge in [-0.3, -0.25) is 0 Å². The van der Waals surface area contributed by atoms with Gasteiger partial charge in [0, 0.05) is 25.9 Å². The topological polar surface area (TPSA) is 24.5 Å². The molecule has 0 aromatic heterocycles. The Morgan fingerprint density at radius 1 is 1.17 bits per heavy atom. The molecule has 3 nitrogen and oxygen atoms in total. The summed E-state index contributed by atoms with van der Waals surface area (Å²) in [5.74, 6) is 2.78. The quantitative estimate of drug-likeness (QED) is 0.724. The lowest BCUT2D eigenvalue weighted by Gasteiger charge is -2.34. The number of piperidine rings is 1. The molecular weight excluding hydrogens is 296 g/mol. The van der Waals surface area contributed by atoms with E-state index in [1.54, 1.807) is 0 Å². The van der Waals surface area contributed by atoms with Crippen molar-refractivity contribution >= 4 is 5.69 Å². The Morgan fingerprint density at radius 2 is 1.88 bits per heavy atom. The average molecular weight is 333 g/mol. The van der Waals surface area contributed by atoms with Crippen LogP contribution in [0.2, 0.25) is 0 Å². The highest BCUT2D eigenvalue weighted by molar-refractivity contribution is 5.47. The highest BCUT2D eigenvalue weighted by Crippen LogP contribution is 2.26. The van der Waals surface area contributed by atoms with Gasteiger partial charge in [0.2, 0.25) is 0 Å². The molecule has 0 saturated carbocycles. The lowest BCUT2D eigenvalue weighted by molar-refractivity contribution is 0.0542. The number of hydrogen-bond donors (Lipinski definition) is 1. The van der Waals surface area contributed by atoms with Gasteiger partial charge in [0.25, 0.3) is 0 Å². The fraction of sp³-hybridized carbons (Fsp3) is 0.714. The monoisotopic (exact) mass is 332 g/mol. The van der Waals surface area contributed by atoms with Gasteiger partial charge in [0.05, 0.1) is 6.61 Å². The molecule has 0 bridgehead atoms. The first kappa shape index (κ1) is 19.3. The second-order valence-electron chi connectivity index (χ2n) is 7.90. The minimum Gasteiger partial charge on any atom is -0.379 e. The van der Waals surface area contributed by atoms with E-state index < -0.39 is 0 Å². The van der Waals surface area contributed by atoms with Crippen molar-refractivity contribution in [2.24, 2.45) is 17.8 Å². The van der Waals surface area contributed by atoms with E-state index in [4.69, 9.17) is 4.74 Å². The number of rotatable bonds is 8. The van der Waals surface area contributed by atoms with Gasteiger partial charge in [-0.15, -0.1) is 0 Å². The van der Waals surface area contributed by atoms with Crippen molar-refractivity contribution < 1.29 is 4.74 Å². The standard InChI is InChI=1S/C21H36N2O/c1-16(2)18-6-8-20(9-7-18)23(5)12-13-24-15-19-10-11-22-14-21(19)17(3)4/h6-9,16-17,19,21-22H,10-15H2,1-5H3/t19-,21-/m1/s1. The Morgan fingerprint density at radius 3 is 2.50 bits per heavy atom. The van der Waals surface area contributed by atoms with E-state index in [0.717, 1.165) is 44.7 Å². The van der Waals surface area contributed by atoms with Crippen molar-refractivity contribution in [1.29, 1.82) is 0 Å². The molecule has 24 heavy (non-hydrogen) atoms. The Kier molecular flexibility index (Phi) is 7.57. The molecule has 0 amide bonds. The Hall–Kier alpha value is -1.06. The molecule has 1 aromatic carbocycles. The minimum atomic E-state index is 0.589. The van der Waals surface area contributed by atoms with E-state index in [-0.39, 0.29) is 0 Å². The van der Waals surface area contributed by atoms with Crippen LogP contribution in [0.1, 0.15) is 45.6 Å². The van der Waals surface area contributed by atoms with Crippen molar-refractivity contribution in [3.05, 3.63) is 29.8 Å². The number of nitrogens with zero attached hydrogens (tertiary/aromatic N) is 1. The summed E-state index contributed by atoms with van der Waals surface area (Å²) in [6.45, 7) is 14.1. The summed E-state index contributed by atoms with van der Waals surface area (Å²) in [6.07, 6.45) is 1.25. The fourth-order valence-electron chi connectivity index (χ4n) is 3.60. The first-order chi connectivity index (χ1) is 11.5. The summed E-state index contributed by atoms with van der Waals surface area (Å²) in [4.78, 5) is 2.28. The van der Waals surface area contributed by atoms with Crippen LogP contribution in [0.25, 0.3) is 0 Å². The molecule has 1 aliphatic rings. The van der Waals surface area contributed by atoms with Crippen molar-refractivity contribution in [2.75, 3.05) is 44.8 Å². The van der Waals surface area contributed by atoms with Crippen LogP contribution < -0.4 is 10.2 Å². The van der Waals surface area contributed by atoms with Crippen LogP contribution in [0.5, 0.6) is 0 Å². The van der Waals surface area contributed by atoms with E-state index in [0.29, 0.717) is 11.8 Å². The average Bonchev–Trinajstić information content (AvgIpc) is 2.58. The molecule has 1 heterocycles. The first-order valence-electron chi connectivity index (χ1n) is 9.58. The van der Waals surface area contributed by atoms with Gasteiger partial charge in [-0.1, -0.05) is 39.8 Å². The van der Waals surface area contributed by atoms with Gasteiger partial charge in [-0.25, -0.2) is 0 Å². The SMILES string of the molecule is CC(C)c1ccc(N(C)CCOC[C@H]2CCNC[C@@H]2C(C)C)cc1. The Balaban J connectivity index is 1.73. The summed E-state index contributed by atoms with van der Waals surface area (Å²) in [6, 6.07) is 8.91. The molecule has 1 N–H and O–H groups in total. The maximum Gasteiger partial charge on any atom is 0.0641 e. The molecule has 1 aromatic rings. The number of anilines is 1. The number of nitrogens with one attached hydrogen (secondary N) is 1. The van der Waals surface area contributed by atoms with Crippen LogP contribution in [0.3, 0.4) is 0 Å². The molecule has 2 atom stereocenters. The lowest BCUT2D eigenvalue weighted by atomic mass is 9.80. The normalized spacial score (nSPS) is 21.5. The lowest BCUT2D eigenvalue weighted by Crippen LogP contribution is -2.41. The third-order valence-electron chi connectivity index (χ3n) is 5.44. The molecule has 1 saturated heterocycles. The Bertz CT molecular complexity index is 469. The van der Waals surface area contributed by atoms with Crippen LogP contribution in [0.15, 0.2) is 24.3 Å². The van der Waals surface area contributed by atoms with E-state index in [1.807, 2.05) is 0 Å². The van der Waals surface area contributed by atoms with Gasteiger partial charge in [-0.05, 0) is 60.9 Å². The zero-order valence-corrected chi connectivity index (χ0v) is 16.2. The van der Waals surface area contributed by atoms with Crippen LogP contribution >= 0.6 is 0 Å². The molecule has 0 spiro atoms. The predicted molar refractivity (Wildman–Crippen MR) is 104 cm³/mol. The van der Waals surface area contributed by atoms with Crippen molar-refractivity contribution in [3.63, 3.8) is 0 Å². The maximum absolute atomic E-state index is 6.04. The molecule has 1 aliphatic heterocycles. The third-order valence-corrected chi connectivity index (χ3v) is 5.44. The number of ether oxygens (including phenoxy) is 1. The third kappa shape index (κ3) is 5.49. The van der Waals surface area contributed by atoms with Crippen LogP contribution in [-0.2, 0) is 4.74 Å². The maximum atomic E-state index is 6.04. The van der Waals surface area contributed by atoms with Crippen LogP contribution in [0.4, 0.5) is 5.69 Å². The highest BCUT2D eigenvalue weighted by atomic mass is 16.5. The van der Waals surface area contributed by atoms with E-state index in [9.17, 15) is 0 Å². The van der Waals surface area contributed by atoms with E-state index >= 15 is 0 Å². The van der Waals surface area contributed by atoms with Crippen LogP contribution in [0, 0.1) is 17.8 Å². The summed E-state index contributed by atoms with van der Waals surface area (Å²) in [5.41, 5.74) is 2.67. The van der Waals surface area contributed by atoms with Crippen LogP contribution in [-0.4, -0.2) is 39.9 Å². The summed E-state index contributed by atoms with van der Waals surface area (Å²) >= 11 is 0. The largest absolute Gasteiger partial charge is 0.379 e. The molecule has 3 heteroatoms. The molecule has 0 radical (unpaired) electrons. The molecular formula is C21H36N2O. The number of likely N-dealkylation sites (N-methyl/N-ethyl adjacent to an activating group) is 1. The zero-order chi connectivity index (χ0) is 17.5. The molecule has 0 unspecified atom stereocenters. The predicted octanol–water partition coefficient (Wildman–Crippen LogP) is 4.14. The Labute approximate surface area is 148 Å². The molecule has 0 aliphatic carbocycles. The molecule has 2 rings (SSSR count). The molecule has 136 valence electrons. The van der Waals surface area contributed by atoms with Gasteiger partial charge < -0.3 is 15.0 Å². The zero-order valence-electron chi connectivity index (χ0n) is 16.2. The second-order valence-corrected chi connectivity index (χ2v) is 7.90. The number of benzene rings is 1. The summed E-state index contributed by atoms with van der Waals surface area (Å²) in [7, 11) is 2.15. The summed E-state index contributed by atoms with van der Waals surface area (Å²) in [5, 5.41) is 3.52. The van der Waals surface area contributed by atoms with Gasteiger partial charge in [0.15, 0.2) is 0 Å². The highest BCUT2D eigenvalue weighted by Gasteiger charge is 2.27. The number of hydrogen-bond acceptors (Lipinski definition) is 3. The molecule has 1 fully saturated rings. The minimum absolute atomic E-state index is 0.589. The second kappa shape index (κ2) is 9.43.